The first-order valence-electron chi connectivity index (χ1n) is 9.78. The molecular weight excluding hydrogens is 394 g/mol. The van der Waals surface area contributed by atoms with E-state index >= 15 is 0 Å². The zero-order valence-corrected chi connectivity index (χ0v) is 18.6. The predicted octanol–water partition coefficient (Wildman–Crippen LogP) is 2.27. The Labute approximate surface area is 172 Å². The van der Waals surface area contributed by atoms with E-state index in [-0.39, 0.29) is 17.9 Å². The third-order valence-corrected chi connectivity index (χ3v) is 7.66. The molecule has 6 nitrogen and oxygen atoms in total. The number of nitrogens with two attached hydrogens (primary N) is 1. The van der Waals surface area contributed by atoms with Crippen LogP contribution in [0, 0.1) is 6.92 Å². The van der Waals surface area contributed by atoms with Gasteiger partial charge >= 0.3 is 0 Å². The fraction of sp³-hybridized carbons (Fsp3) is 0.650. The lowest BCUT2D eigenvalue weighted by molar-refractivity contribution is -0.109. The summed E-state index contributed by atoms with van der Waals surface area (Å²) in [5, 5.41) is 0. The second-order valence-electron chi connectivity index (χ2n) is 7.97. The number of nitrogens with zero attached hydrogens (tertiary/aromatic N) is 2. The summed E-state index contributed by atoms with van der Waals surface area (Å²) in [6.07, 6.45) is 7.47. The number of thiophene rings is 1. The molecule has 156 valence electrons. The highest BCUT2D eigenvalue weighted by atomic mass is 32.2. The minimum Gasteiger partial charge on any atom is -0.404 e. The molecule has 3 rings (SSSR count). The number of fused-ring (bicyclic) bond motifs is 2. The highest BCUT2D eigenvalue weighted by Crippen LogP contribution is 2.46. The largest absolute Gasteiger partial charge is 0.404 e. The highest BCUT2D eigenvalue weighted by molar-refractivity contribution is 7.90. The summed E-state index contributed by atoms with van der Waals surface area (Å²) in [5.41, 5.74) is 7.95. The number of likely N-dealkylation sites (tertiary alicyclic amines) is 1. The average molecular weight is 426 g/mol. The number of hydrogen-bond acceptors (Lipinski definition) is 7. The van der Waals surface area contributed by atoms with E-state index in [0.717, 1.165) is 38.0 Å². The molecule has 2 aliphatic heterocycles. The van der Waals surface area contributed by atoms with Crippen molar-refractivity contribution in [2.24, 2.45) is 10.7 Å². The number of rotatable bonds is 6. The van der Waals surface area contributed by atoms with Crippen LogP contribution in [0.1, 0.15) is 35.1 Å². The van der Waals surface area contributed by atoms with E-state index in [1.165, 1.54) is 21.6 Å². The van der Waals surface area contributed by atoms with Gasteiger partial charge in [-0.1, -0.05) is 0 Å². The van der Waals surface area contributed by atoms with Crippen LogP contribution in [-0.2, 0) is 26.6 Å². The van der Waals surface area contributed by atoms with Gasteiger partial charge in [0.1, 0.15) is 9.84 Å². The quantitative estimate of drug-likeness (QED) is 0.707. The van der Waals surface area contributed by atoms with Gasteiger partial charge < -0.3 is 10.5 Å². The first-order valence-corrected chi connectivity index (χ1v) is 12.7. The molecule has 28 heavy (non-hydrogen) atoms. The van der Waals surface area contributed by atoms with Crippen LogP contribution >= 0.6 is 11.3 Å². The lowest BCUT2D eigenvalue weighted by atomic mass is 9.79. The number of hydrogen-bond donors (Lipinski definition) is 1. The summed E-state index contributed by atoms with van der Waals surface area (Å²) in [6.45, 7) is 7.14. The maximum Gasteiger partial charge on any atom is 0.149 e. The fourth-order valence-electron chi connectivity index (χ4n) is 4.19. The van der Waals surface area contributed by atoms with E-state index in [2.05, 4.69) is 29.8 Å². The van der Waals surface area contributed by atoms with Crippen molar-refractivity contribution in [3.05, 3.63) is 33.2 Å². The van der Waals surface area contributed by atoms with E-state index in [0.29, 0.717) is 12.6 Å². The summed E-state index contributed by atoms with van der Waals surface area (Å²) in [4.78, 5) is 9.49. The molecule has 2 atom stereocenters. The summed E-state index contributed by atoms with van der Waals surface area (Å²) < 4.78 is 28.8. The molecule has 0 bridgehead atoms. The van der Waals surface area contributed by atoms with Gasteiger partial charge in [-0.05, 0) is 50.1 Å². The third-order valence-electron chi connectivity index (χ3n) is 5.63. The summed E-state index contributed by atoms with van der Waals surface area (Å²) in [6, 6.07) is 2.68. The van der Waals surface area contributed by atoms with E-state index in [1.807, 2.05) is 11.3 Å². The van der Waals surface area contributed by atoms with Gasteiger partial charge in [-0.25, -0.2) is 8.42 Å². The van der Waals surface area contributed by atoms with Crippen LogP contribution in [-0.4, -0.2) is 63.8 Å². The second-order valence-corrected chi connectivity index (χ2v) is 11.6. The Kier molecular flexibility index (Phi) is 6.64. The highest BCUT2D eigenvalue weighted by Gasteiger charge is 2.44. The smallest absolute Gasteiger partial charge is 0.149 e. The number of sulfone groups is 1. The molecule has 1 aromatic rings. The van der Waals surface area contributed by atoms with Crippen LogP contribution in [0.5, 0.6) is 0 Å². The van der Waals surface area contributed by atoms with E-state index in [1.54, 1.807) is 12.4 Å². The summed E-state index contributed by atoms with van der Waals surface area (Å²) in [5.74, 6) is 0.0592. The van der Waals surface area contributed by atoms with Crippen molar-refractivity contribution in [2.75, 3.05) is 38.2 Å². The van der Waals surface area contributed by atoms with Crippen LogP contribution in [0.15, 0.2) is 22.8 Å². The number of piperidine rings is 1. The molecule has 0 saturated carbocycles. The fourth-order valence-corrected chi connectivity index (χ4v) is 5.73. The summed E-state index contributed by atoms with van der Waals surface area (Å²) >= 11 is 1.91. The van der Waals surface area contributed by atoms with Crippen molar-refractivity contribution >= 4 is 27.4 Å². The minimum atomic E-state index is -2.99. The molecule has 0 aliphatic carbocycles. The average Bonchev–Trinajstić information content (AvgIpc) is 3.01. The van der Waals surface area contributed by atoms with E-state index in [9.17, 15) is 8.42 Å². The Hall–Kier alpha value is -1.22. The number of aryl methyl sites for hydroxylation is 1. The van der Waals surface area contributed by atoms with Gasteiger partial charge in [0, 0.05) is 47.8 Å². The lowest BCUT2D eigenvalue weighted by Gasteiger charge is -2.47. The zero-order valence-electron chi connectivity index (χ0n) is 17.0. The molecular formula is C20H31N3O3S2. The Morgan fingerprint density at radius 1 is 1.54 bits per heavy atom. The maximum absolute atomic E-state index is 11.2. The van der Waals surface area contributed by atoms with Gasteiger partial charge in [0.25, 0.3) is 0 Å². The lowest BCUT2D eigenvalue weighted by Crippen LogP contribution is -2.51. The van der Waals surface area contributed by atoms with E-state index in [4.69, 9.17) is 10.5 Å². The normalized spacial score (nSPS) is 26.8. The molecule has 1 aromatic heterocycles. The standard InChI is InChI=1S/C20H31N3O3S2/c1-15-11-20(18-10-16(2)27-19(18)4-8-26-20)5-7-23(15)14-17(12-21)13-22-6-9-28(3,24)25/h10,12-13,15H,4-9,11,14,21H2,1-3H3/b17-12+,22-13?/t15-,20-/m0/s1. The molecule has 0 unspecified atom stereocenters. The first kappa shape index (κ1) is 21.5. The topological polar surface area (TPSA) is 85.0 Å². The van der Waals surface area contributed by atoms with Crippen LogP contribution in [0.2, 0.25) is 0 Å². The Balaban J connectivity index is 1.62. The third kappa shape index (κ3) is 5.03. The number of ether oxygens (including phenoxy) is 1. The van der Waals surface area contributed by atoms with E-state index < -0.39 is 9.84 Å². The minimum absolute atomic E-state index is 0.0592. The maximum atomic E-state index is 11.2. The Morgan fingerprint density at radius 2 is 2.32 bits per heavy atom. The van der Waals surface area contributed by atoms with Gasteiger partial charge in [-0.2, -0.15) is 0 Å². The van der Waals surface area contributed by atoms with Crippen molar-refractivity contribution in [3.63, 3.8) is 0 Å². The molecule has 0 aromatic carbocycles. The van der Waals surface area contributed by atoms with Gasteiger partial charge in [-0.3, -0.25) is 9.89 Å². The molecule has 1 fully saturated rings. The van der Waals surface area contributed by atoms with Crippen molar-refractivity contribution in [1.29, 1.82) is 0 Å². The van der Waals surface area contributed by atoms with Gasteiger partial charge in [0.15, 0.2) is 0 Å². The molecule has 0 radical (unpaired) electrons. The Morgan fingerprint density at radius 3 is 3.00 bits per heavy atom. The van der Waals surface area contributed by atoms with Crippen LogP contribution in [0.4, 0.5) is 0 Å². The second kappa shape index (κ2) is 8.65. The first-order chi connectivity index (χ1) is 13.2. The zero-order chi connectivity index (χ0) is 20.4. The summed E-state index contributed by atoms with van der Waals surface area (Å²) in [7, 11) is -2.99. The van der Waals surface area contributed by atoms with Crippen molar-refractivity contribution in [3.8, 4) is 0 Å². The van der Waals surface area contributed by atoms with Crippen LogP contribution < -0.4 is 5.73 Å². The molecule has 1 saturated heterocycles. The van der Waals surface area contributed by atoms with Crippen molar-refractivity contribution in [2.45, 2.75) is 44.8 Å². The van der Waals surface area contributed by atoms with Crippen molar-refractivity contribution in [1.82, 2.24) is 4.90 Å². The molecule has 0 amide bonds. The SMILES string of the molecule is Cc1cc2c(s1)CCO[C@]21CCN(C/C(C=NCCS(C)(=O)=O)=C/N)[C@@H](C)C1. The van der Waals surface area contributed by atoms with Crippen LogP contribution in [0.25, 0.3) is 0 Å². The molecule has 1 spiro atoms. The van der Waals surface area contributed by atoms with Gasteiger partial charge in [-0.15, -0.1) is 11.3 Å². The van der Waals surface area contributed by atoms with Crippen molar-refractivity contribution < 1.29 is 13.2 Å². The van der Waals surface area contributed by atoms with Crippen LogP contribution in [0.3, 0.4) is 0 Å². The molecule has 8 heteroatoms. The number of aliphatic imine (C=N–C) groups is 1. The molecule has 2 N–H and O–H groups in total. The molecule has 2 aliphatic rings. The molecule has 3 heterocycles. The van der Waals surface area contributed by atoms with Gasteiger partial charge in [0.05, 0.1) is 24.5 Å². The monoisotopic (exact) mass is 425 g/mol. The van der Waals surface area contributed by atoms with Gasteiger partial charge in [0.2, 0.25) is 0 Å². The Bertz CT molecular complexity index is 860. The predicted molar refractivity (Wildman–Crippen MR) is 116 cm³/mol.